The summed E-state index contributed by atoms with van der Waals surface area (Å²) in [6.45, 7) is 5.06. The van der Waals surface area contributed by atoms with Gasteiger partial charge in [-0.2, -0.15) is 18.2 Å². The Hall–Kier alpha value is -2.08. The number of carbonyl (C=O) groups is 1. The number of hydrogen-bond donors (Lipinski definition) is 1. The predicted octanol–water partition coefficient (Wildman–Crippen LogP) is 4.27. The summed E-state index contributed by atoms with van der Waals surface area (Å²) in [5, 5.41) is 2.35. The maximum absolute atomic E-state index is 14.0. The van der Waals surface area contributed by atoms with Gasteiger partial charge in [-0.25, -0.2) is 0 Å². The molecule has 0 spiro atoms. The van der Waals surface area contributed by atoms with Crippen LogP contribution in [0.15, 0.2) is 36.4 Å². The maximum atomic E-state index is 14.0. The number of benzene rings is 2. The Balaban J connectivity index is 2.24. The average Bonchev–Trinajstić information content (AvgIpc) is 2.70. The molecular weight excluding hydrogens is 317 g/mol. The number of hydrazine groups is 1. The summed E-state index contributed by atoms with van der Waals surface area (Å²) in [6.07, 6.45) is -4.49. The Morgan fingerprint density at radius 1 is 1.21 bits per heavy atom. The zero-order valence-corrected chi connectivity index (χ0v) is 13.7. The second kappa shape index (κ2) is 5.48. The molecule has 1 heterocycles. The Bertz CT molecular complexity index is 798. The molecule has 1 amide bonds. The fraction of sp³-hybridized carbons (Fsp3) is 0.389. The van der Waals surface area contributed by atoms with Crippen molar-refractivity contribution in [2.75, 3.05) is 0 Å². The Labute approximate surface area is 138 Å². The molecule has 1 fully saturated rings. The van der Waals surface area contributed by atoms with Gasteiger partial charge in [0.05, 0.1) is 0 Å². The predicted molar refractivity (Wildman–Crippen MR) is 86.2 cm³/mol. The van der Waals surface area contributed by atoms with Gasteiger partial charge in [0.2, 0.25) is 5.91 Å². The molecule has 128 valence electrons. The number of hydrogen-bond acceptors (Lipinski definition) is 2. The molecule has 3 nitrogen and oxygen atoms in total. The van der Waals surface area contributed by atoms with E-state index in [1.54, 1.807) is 51.1 Å². The van der Waals surface area contributed by atoms with Crippen molar-refractivity contribution in [2.24, 2.45) is 0 Å². The largest absolute Gasteiger partial charge is 0.409 e. The Kier molecular flexibility index (Phi) is 3.83. The fourth-order valence-electron chi connectivity index (χ4n) is 3.40. The number of halogens is 3. The van der Waals surface area contributed by atoms with Crippen LogP contribution in [0.3, 0.4) is 0 Å². The third-order valence-corrected chi connectivity index (χ3v) is 4.39. The van der Waals surface area contributed by atoms with Crippen LogP contribution in [-0.4, -0.2) is 22.6 Å². The summed E-state index contributed by atoms with van der Waals surface area (Å²) >= 11 is 0. The first-order chi connectivity index (χ1) is 11.1. The van der Waals surface area contributed by atoms with E-state index in [9.17, 15) is 18.0 Å². The quantitative estimate of drug-likeness (QED) is 0.888. The molecule has 2 aromatic carbocycles. The van der Waals surface area contributed by atoms with Gasteiger partial charge >= 0.3 is 6.18 Å². The fourth-order valence-corrected chi connectivity index (χ4v) is 3.40. The minimum absolute atomic E-state index is 0.0311. The SMILES string of the molecule is Cc1cc([C@H](N2NC(=O)CC2(C)C)C(F)(F)F)c2ccccc2c1. The van der Waals surface area contributed by atoms with Crippen LogP contribution < -0.4 is 5.43 Å². The number of nitrogens with zero attached hydrogens (tertiary/aromatic N) is 1. The van der Waals surface area contributed by atoms with E-state index in [1.165, 1.54) is 0 Å². The third kappa shape index (κ3) is 2.86. The number of nitrogens with one attached hydrogen (secondary N) is 1. The van der Waals surface area contributed by atoms with Gasteiger partial charge in [-0.1, -0.05) is 42.0 Å². The van der Waals surface area contributed by atoms with Crippen LogP contribution in [-0.2, 0) is 4.79 Å². The van der Waals surface area contributed by atoms with Gasteiger partial charge in [-0.15, -0.1) is 0 Å². The Morgan fingerprint density at radius 3 is 2.46 bits per heavy atom. The highest BCUT2D eigenvalue weighted by atomic mass is 19.4. The summed E-state index contributed by atoms with van der Waals surface area (Å²) in [5.74, 6) is -0.397. The van der Waals surface area contributed by atoms with E-state index in [2.05, 4.69) is 5.43 Å². The van der Waals surface area contributed by atoms with Crippen LogP contribution in [0.4, 0.5) is 13.2 Å². The van der Waals surface area contributed by atoms with Gasteiger partial charge in [0.15, 0.2) is 6.04 Å². The minimum Gasteiger partial charge on any atom is -0.287 e. The molecular formula is C18H19F3N2O. The van der Waals surface area contributed by atoms with E-state index in [-0.39, 0.29) is 12.0 Å². The zero-order valence-electron chi connectivity index (χ0n) is 13.7. The lowest BCUT2D eigenvalue weighted by atomic mass is 9.92. The van der Waals surface area contributed by atoms with Crippen LogP contribution in [0.2, 0.25) is 0 Å². The molecule has 1 aliphatic heterocycles. The van der Waals surface area contributed by atoms with Gasteiger partial charge < -0.3 is 0 Å². The summed E-state index contributed by atoms with van der Waals surface area (Å²) < 4.78 is 42.0. The van der Waals surface area contributed by atoms with Crippen molar-refractivity contribution in [2.45, 2.75) is 44.9 Å². The molecule has 0 saturated carbocycles. The lowest BCUT2D eigenvalue weighted by molar-refractivity contribution is -0.203. The number of aryl methyl sites for hydroxylation is 1. The van der Waals surface area contributed by atoms with Crippen molar-refractivity contribution in [1.29, 1.82) is 0 Å². The van der Waals surface area contributed by atoms with Crippen LogP contribution >= 0.6 is 0 Å². The molecule has 1 saturated heterocycles. The van der Waals surface area contributed by atoms with Gasteiger partial charge in [-0.3, -0.25) is 10.2 Å². The van der Waals surface area contributed by atoms with Crippen molar-refractivity contribution < 1.29 is 18.0 Å². The second-order valence-corrected chi connectivity index (χ2v) is 6.91. The van der Waals surface area contributed by atoms with Crippen LogP contribution in [0.5, 0.6) is 0 Å². The summed E-state index contributed by atoms with van der Waals surface area (Å²) in [6, 6.07) is 8.53. The van der Waals surface area contributed by atoms with E-state index in [0.29, 0.717) is 5.39 Å². The van der Waals surface area contributed by atoms with Gasteiger partial charge in [0.25, 0.3) is 0 Å². The number of carbonyl (C=O) groups excluding carboxylic acids is 1. The van der Waals surface area contributed by atoms with Crippen molar-refractivity contribution in [1.82, 2.24) is 10.4 Å². The zero-order chi connectivity index (χ0) is 17.7. The van der Waals surface area contributed by atoms with E-state index in [1.807, 2.05) is 6.07 Å². The third-order valence-electron chi connectivity index (χ3n) is 4.39. The molecule has 1 aliphatic rings. The first kappa shape index (κ1) is 16.8. The van der Waals surface area contributed by atoms with Crippen LogP contribution in [0.25, 0.3) is 10.8 Å². The smallest absolute Gasteiger partial charge is 0.287 e. The molecule has 2 aromatic rings. The van der Waals surface area contributed by atoms with E-state index >= 15 is 0 Å². The van der Waals surface area contributed by atoms with Crippen LogP contribution in [0, 0.1) is 6.92 Å². The van der Waals surface area contributed by atoms with Crippen molar-refractivity contribution >= 4 is 16.7 Å². The summed E-state index contributed by atoms with van der Waals surface area (Å²) in [4.78, 5) is 11.7. The highest BCUT2D eigenvalue weighted by Gasteiger charge is 2.53. The Morgan fingerprint density at radius 2 is 1.88 bits per heavy atom. The standard InChI is InChI=1S/C18H19F3N2O/c1-11-8-12-6-4-5-7-13(12)14(9-11)16(18(19,20)21)23-17(2,3)10-15(24)22-23/h4-9,16H,10H2,1-3H3,(H,22,24)/t16-/m0/s1. The van der Waals surface area contributed by atoms with Gasteiger partial charge in [0, 0.05) is 12.0 Å². The highest BCUT2D eigenvalue weighted by Crippen LogP contribution is 2.44. The molecule has 6 heteroatoms. The molecule has 0 aromatic heterocycles. The number of rotatable bonds is 2. The normalized spacial score (nSPS) is 19.5. The highest BCUT2D eigenvalue weighted by molar-refractivity contribution is 5.87. The molecule has 0 radical (unpaired) electrons. The molecule has 0 bridgehead atoms. The van der Waals surface area contributed by atoms with Crippen molar-refractivity contribution in [3.63, 3.8) is 0 Å². The molecule has 0 aliphatic carbocycles. The van der Waals surface area contributed by atoms with Crippen molar-refractivity contribution in [3.8, 4) is 0 Å². The summed E-state index contributed by atoms with van der Waals surface area (Å²) in [7, 11) is 0. The molecule has 3 rings (SSSR count). The maximum Gasteiger partial charge on any atom is 0.409 e. The summed E-state index contributed by atoms with van der Waals surface area (Å²) in [5.41, 5.74) is 2.39. The molecule has 24 heavy (non-hydrogen) atoms. The first-order valence-electron chi connectivity index (χ1n) is 7.74. The van der Waals surface area contributed by atoms with Gasteiger partial charge in [-0.05, 0) is 37.1 Å². The topological polar surface area (TPSA) is 32.3 Å². The van der Waals surface area contributed by atoms with E-state index < -0.39 is 23.7 Å². The number of alkyl halides is 3. The average molecular weight is 336 g/mol. The first-order valence-corrected chi connectivity index (χ1v) is 7.74. The monoisotopic (exact) mass is 336 g/mol. The van der Waals surface area contributed by atoms with Gasteiger partial charge in [0.1, 0.15) is 0 Å². The number of amides is 1. The minimum atomic E-state index is -4.52. The second-order valence-electron chi connectivity index (χ2n) is 6.91. The lowest BCUT2D eigenvalue weighted by Crippen LogP contribution is -2.51. The van der Waals surface area contributed by atoms with Crippen molar-refractivity contribution in [3.05, 3.63) is 47.5 Å². The van der Waals surface area contributed by atoms with E-state index in [0.717, 1.165) is 16.0 Å². The number of fused-ring (bicyclic) bond motifs is 1. The molecule has 1 atom stereocenters. The van der Waals surface area contributed by atoms with Crippen LogP contribution in [0.1, 0.15) is 37.4 Å². The van der Waals surface area contributed by atoms with E-state index in [4.69, 9.17) is 0 Å². The molecule has 0 unspecified atom stereocenters. The lowest BCUT2D eigenvalue weighted by Gasteiger charge is -2.38. The molecule has 1 N–H and O–H groups in total.